The third-order valence-corrected chi connectivity index (χ3v) is 7.24. The lowest BCUT2D eigenvalue weighted by atomic mass is 9.75. The van der Waals surface area contributed by atoms with Crippen molar-refractivity contribution >= 4 is 5.78 Å². The Bertz CT molecular complexity index is 534. The Balaban J connectivity index is 1.21. The average molecular weight is 369 g/mol. The van der Waals surface area contributed by atoms with Crippen molar-refractivity contribution in [3.63, 3.8) is 0 Å². The third-order valence-electron chi connectivity index (χ3n) is 7.24. The molecule has 0 bridgehead atoms. The van der Waals surface area contributed by atoms with Gasteiger partial charge in [-0.25, -0.2) is 0 Å². The molecule has 3 rings (SSSR count). The highest BCUT2D eigenvalue weighted by molar-refractivity contribution is 5.78. The van der Waals surface area contributed by atoms with Crippen molar-refractivity contribution < 1.29 is 4.79 Å². The normalized spacial score (nSPS) is 25.6. The van der Waals surface area contributed by atoms with Gasteiger partial charge in [-0.05, 0) is 42.6 Å². The molecule has 1 aromatic carbocycles. The van der Waals surface area contributed by atoms with E-state index in [-0.39, 0.29) is 0 Å². The van der Waals surface area contributed by atoms with E-state index >= 15 is 0 Å². The standard InChI is InChI=1S/C26H40O/c27-26(20-19-22-11-5-3-6-12-22)18-7-2-1-4-13-23-14-10-17-24-15-8-9-16-25(24)21-23/h3,5-6,11-12,23-25H,1-2,4,7-10,13-21H2. The number of rotatable bonds is 10. The monoisotopic (exact) mass is 368 g/mol. The minimum Gasteiger partial charge on any atom is -0.300 e. The second-order valence-electron chi connectivity index (χ2n) is 9.31. The van der Waals surface area contributed by atoms with Crippen molar-refractivity contribution in [2.24, 2.45) is 17.8 Å². The van der Waals surface area contributed by atoms with Gasteiger partial charge in [-0.3, -0.25) is 4.79 Å². The molecule has 27 heavy (non-hydrogen) atoms. The zero-order valence-corrected chi connectivity index (χ0v) is 17.3. The number of benzene rings is 1. The second kappa shape index (κ2) is 11.7. The third kappa shape index (κ3) is 7.43. The molecule has 3 atom stereocenters. The van der Waals surface area contributed by atoms with Crippen LogP contribution in [0.4, 0.5) is 0 Å². The lowest BCUT2D eigenvalue weighted by molar-refractivity contribution is -0.119. The molecule has 1 aromatic rings. The summed E-state index contributed by atoms with van der Waals surface area (Å²) in [5, 5.41) is 0. The number of hydrogen-bond donors (Lipinski definition) is 0. The SMILES string of the molecule is O=C(CCCCCCC1CCCC2CCCCC2C1)CCc1ccccc1. The summed E-state index contributed by atoms with van der Waals surface area (Å²) in [7, 11) is 0. The van der Waals surface area contributed by atoms with Crippen molar-refractivity contribution in [1.29, 1.82) is 0 Å². The summed E-state index contributed by atoms with van der Waals surface area (Å²) in [4.78, 5) is 12.1. The molecular weight excluding hydrogens is 328 g/mol. The van der Waals surface area contributed by atoms with Crippen molar-refractivity contribution in [2.75, 3.05) is 0 Å². The molecule has 2 aliphatic carbocycles. The van der Waals surface area contributed by atoms with Crippen LogP contribution in [-0.2, 0) is 11.2 Å². The van der Waals surface area contributed by atoms with Crippen molar-refractivity contribution in [3.8, 4) is 0 Å². The molecule has 0 heterocycles. The number of unbranched alkanes of at least 4 members (excludes halogenated alkanes) is 3. The van der Waals surface area contributed by atoms with Gasteiger partial charge in [0.15, 0.2) is 0 Å². The zero-order valence-electron chi connectivity index (χ0n) is 17.3. The highest BCUT2D eigenvalue weighted by atomic mass is 16.1. The van der Waals surface area contributed by atoms with Gasteiger partial charge in [0.1, 0.15) is 5.78 Å². The molecule has 0 amide bonds. The van der Waals surface area contributed by atoms with Crippen molar-refractivity contribution in [3.05, 3.63) is 35.9 Å². The van der Waals surface area contributed by atoms with Gasteiger partial charge in [0.2, 0.25) is 0 Å². The van der Waals surface area contributed by atoms with Crippen LogP contribution >= 0.6 is 0 Å². The number of ketones is 1. The Kier molecular flexibility index (Phi) is 8.91. The van der Waals surface area contributed by atoms with E-state index in [2.05, 4.69) is 24.3 Å². The summed E-state index contributed by atoms with van der Waals surface area (Å²) in [5.74, 6) is 3.59. The van der Waals surface area contributed by atoms with E-state index in [4.69, 9.17) is 0 Å². The lowest BCUT2D eigenvalue weighted by Crippen LogP contribution is -2.19. The number of Topliss-reactive ketones (excluding diaryl/α,β-unsaturated/α-hetero) is 1. The number of carbonyl (C=O) groups excluding carboxylic acids is 1. The first-order chi connectivity index (χ1) is 13.3. The van der Waals surface area contributed by atoms with Gasteiger partial charge in [-0.1, -0.05) is 101 Å². The lowest BCUT2D eigenvalue weighted by Gasteiger charge is -2.31. The predicted octanol–water partition coefficient (Wildman–Crippen LogP) is 7.53. The fourth-order valence-electron chi connectivity index (χ4n) is 5.61. The van der Waals surface area contributed by atoms with Crippen LogP contribution in [0.25, 0.3) is 0 Å². The van der Waals surface area contributed by atoms with Gasteiger partial charge in [0, 0.05) is 12.8 Å². The molecule has 2 saturated carbocycles. The van der Waals surface area contributed by atoms with Crippen LogP contribution in [0.1, 0.15) is 102 Å². The fraction of sp³-hybridized carbons (Fsp3) is 0.731. The van der Waals surface area contributed by atoms with E-state index in [1.165, 1.54) is 82.6 Å². The number of aryl methyl sites for hydroxylation is 1. The number of hydrogen-bond acceptors (Lipinski definition) is 1. The van der Waals surface area contributed by atoms with Gasteiger partial charge in [-0.15, -0.1) is 0 Å². The van der Waals surface area contributed by atoms with Gasteiger partial charge < -0.3 is 0 Å². The molecule has 2 aliphatic rings. The fourth-order valence-corrected chi connectivity index (χ4v) is 5.61. The van der Waals surface area contributed by atoms with Crippen molar-refractivity contribution in [2.45, 2.75) is 103 Å². The second-order valence-corrected chi connectivity index (χ2v) is 9.31. The minimum atomic E-state index is 0.450. The summed E-state index contributed by atoms with van der Waals surface area (Å²) in [6.07, 6.45) is 21.0. The Morgan fingerprint density at radius 1 is 0.778 bits per heavy atom. The van der Waals surface area contributed by atoms with E-state index in [1.807, 2.05) is 6.07 Å². The highest BCUT2D eigenvalue weighted by Crippen LogP contribution is 2.42. The first-order valence-corrected chi connectivity index (χ1v) is 11.9. The van der Waals surface area contributed by atoms with E-state index in [0.29, 0.717) is 12.2 Å². The largest absolute Gasteiger partial charge is 0.300 e. The molecule has 0 aromatic heterocycles. The average Bonchev–Trinajstić information content (AvgIpc) is 2.91. The van der Waals surface area contributed by atoms with Crippen LogP contribution in [0, 0.1) is 17.8 Å². The summed E-state index contributed by atoms with van der Waals surface area (Å²) < 4.78 is 0. The zero-order chi connectivity index (χ0) is 18.7. The molecule has 0 radical (unpaired) electrons. The predicted molar refractivity (Wildman–Crippen MR) is 115 cm³/mol. The van der Waals surface area contributed by atoms with E-state index < -0.39 is 0 Å². The van der Waals surface area contributed by atoms with Crippen LogP contribution in [0.2, 0.25) is 0 Å². The Labute approximate surface area is 167 Å². The molecule has 0 aliphatic heterocycles. The van der Waals surface area contributed by atoms with Gasteiger partial charge in [-0.2, -0.15) is 0 Å². The highest BCUT2D eigenvalue weighted by Gasteiger charge is 2.29. The summed E-state index contributed by atoms with van der Waals surface area (Å²) in [6.45, 7) is 0. The molecule has 150 valence electrons. The number of fused-ring (bicyclic) bond motifs is 1. The van der Waals surface area contributed by atoms with Crippen LogP contribution in [0.15, 0.2) is 30.3 Å². The molecule has 1 heteroatoms. The molecule has 3 unspecified atom stereocenters. The maximum atomic E-state index is 12.1. The van der Waals surface area contributed by atoms with Crippen molar-refractivity contribution in [1.82, 2.24) is 0 Å². The first kappa shape index (κ1) is 20.6. The first-order valence-electron chi connectivity index (χ1n) is 11.9. The molecular formula is C26H40O. The maximum Gasteiger partial charge on any atom is 0.133 e. The summed E-state index contributed by atoms with van der Waals surface area (Å²) >= 11 is 0. The molecule has 1 nitrogen and oxygen atoms in total. The molecule has 0 saturated heterocycles. The summed E-state index contributed by atoms with van der Waals surface area (Å²) in [6, 6.07) is 10.4. The molecule has 0 spiro atoms. The minimum absolute atomic E-state index is 0.450. The van der Waals surface area contributed by atoms with Crippen LogP contribution < -0.4 is 0 Å². The van der Waals surface area contributed by atoms with Crippen LogP contribution in [-0.4, -0.2) is 5.78 Å². The Hall–Kier alpha value is -1.11. The number of carbonyl (C=O) groups is 1. The molecule has 0 N–H and O–H groups in total. The van der Waals surface area contributed by atoms with E-state index in [9.17, 15) is 4.79 Å². The van der Waals surface area contributed by atoms with Gasteiger partial charge in [0.05, 0.1) is 0 Å². The van der Waals surface area contributed by atoms with E-state index in [0.717, 1.165) is 37.0 Å². The summed E-state index contributed by atoms with van der Waals surface area (Å²) in [5.41, 5.74) is 1.29. The smallest absolute Gasteiger partial charge is 0.133 e. The van der Waals surface area contributed by atoms with Crippen LogP contribution in [0.3, 0.4) is 0 Å². The molecule has 2 fully saturated rings. The van der Waals surface area contributed by atoms with E-state index in [1.54, 1.807) is 0 Å². The quantitative estimate of drug-likeness (QED) is 0.390. The van der Waals surface area contributed by atoms with Gasteiger partial charge in [0.25, 0.3) is 0 Å². The van der Waals surface area contributed by atoms with Gasteiger partial charge >= 0.3 is 0 Å². The maximum absolute atomic E-state index is 12.1. The Morgan fingerprint density at radius 3 is 2.37 bits per heavy atom. The topological polar surface area (TPSA) is 17.1 Å². The van der Waals surface area contributed by atoms with Crippen LogP contribution in [0.5, 0.6) is 0 Å². The Morgan fingerprint density at radius 2 is 1.52 bits per heavy atom.